The van der Waals surface area contributed by atoms with Crippen molar-refractivity contribution in [2.45, 2.75) is 147 Å². The lowest BCUT2D eigenvalue weighted by Gasteiger charge is -2.48. The maximum absolute atomic E-state index is 14.9. The second-order valence-corrected chi connectivity index (χ2v) is 20.4. The molecule has 17 nitrogen and oxygen atoms in total. The van der Waals surface area contributed by atoms with Crippen LogP contribution in [0.25, 0.3) is 10.9 Å². The van der Waals surface area contributed by atoms with Gasteiger partial charge in [0, 0.05) is 55.6 Å². The number of esters is 1. The van der Waals surface area contributed by atoms with E-state index in [4.69, 9.17) is 28.4 Å². The zero-order chi connectivity index (χ0) is 46.5. The molecule has 1 aromatic carbocycles. The lowest BCUT2D eigenvalue weighted by Crippen LogP contribution is -2.66. The van der Waals surface area contributed by atoms with Crippen molar-refractivity contribution in [3.63, 3.8) is 0 Å². The number of methoxy groups -OCH3 is 1. The minimum atomic E-state index is -4.10. The molecule has 63 heavy (non-hydrogen) atoms. The van der Waals surface area contributed by atoms with E-state index in [1.54, 1.807) is 65.9 Å². The molecule has 0 bridgehead atoms. The molecule has 0 aliphatic carbocycles. The van der Waals surface area contributed by atoms with Gasteiger partial charge in [-0.3, -0.25) is 24.3 Å². The zero-order valence-corrected chi connectivity index (χ0v) is 39.4. The number of Topliss-reactive ketones (excluding diaryl/α,β-unsaturated/α-hetero) is 2. The Morgan fingerprint density at radius 2 is 1.67 bits per heavy atom. The van der Waals surface area contributed by atoms with Gasteiger partial charge < -0.3 is 38.4 Å². The maximum atomic E-state index is 14.9. The highest BCUT2D eigenvalue weighted by atomic mass is 32.2. The van der Waals surface area contributed by atoms with E-state index in [1.165, 1.54) is 29.3 Å². The smallest absolute Gasteiger partial charge is 0.411 e. The van der Waals surface area contributed by atoms with Crippen LogP contribution < -0.4 is 4.74 Å². The fraction of sp³-hybridized carbons (Fsp3) is 0.711. The van der Waals surface area contributed by atoms with Crippen LogP contribution in [0.1, 0.15) is 81.6 Å². The SMILES string of the molecule is CCOc1ccc(S(=O)(=O)N2CC(N3C(=O)O[C@@]4(C)[C@@H]3[C@@H](C)C(=O)[C@H](C)C[C@@](C)(OC)[C@H](O[C@@H]3O[C@H](C)C[C@H](N(C)C)[C@H]3O)[C@@H](C)C(=O)[C@@H](C)C(=O)O[C@@H]4CC)C2)c2cccnc12. The minimum Gasteiger partial charge on any atom is -0.492 e. The number of likely N-dealkylation sites (N-methyl/N-ethyl adjacent to an activating group) is 1. The summed E-state index contributed by atoms with van der Waals surface area (Å²) in [6, 6.07) is 4.33. The Labute approximate surface area is 371 Å². The molecular weight excluding hydrogens is 837 g/mol. The quantitative estimate of drug-likeness (QED) is 0.263. The Hall–Kier alpha value is -3.78. The third kappa shape index (κ3) is 8.85. The van der Waals surface area contributed by atoms with Gasteiger partial charge in [-0.1, -0.05) is 27.7 Å². The molecule has 1 amide bonds. The number of pyridine rings is 1. The van der Waals surface area contributed by atoms with Gasteiger partial charge in [0.1, 0.15) is 35.2 Å². The lowest BCUT2D eigenvalue weighted by molar-refractivity contribution is -0.295. The molecule has 0 unspecified atom stereocenters. The second kappa shape index (κ2) is 18.6. The van der Waals surface area contributed by atoms with E-state index >= 15 is 0 Å². The van der Waals surface area contributed by atoms with E-state index in [1.807, 2.05) is 32.8 Å². The first-order valence-corrected chi connectivity index (χ1v) is 23.5. The number of aromatic nitrogens is 1. The summed E-state index contributed by atoms with van der Waals surface area (Å²) < 4.78 is 66.7. The van der Waals surface area contributed by atoms with Gasteiger partial charge in [-0.05, 0) is 92.2 Å². The maximum Gasteiger partial charge on any atom is 0.411 e. The number of ether oxygens (including phenoxy) is 6. The Bertz CT molecular complexity index is 2150. The molecule has 4 saturated heterocycles. The highest BCUT2D eigenvalue weighted by molar-refractivity contribution is 7.89. The first kappa shape index (κ1) is 48.7. The number of cyclic esters (lactones) is 1. The van der Waals surface area contributed by atoms with Crippen molar-refractivity contribution >= 4 is 44.6 Å². The van der Waals surface area contributed by atoms with Crippen LogP contribution in [0, 0.1) is 23.7 Å². The Morgan fingerprint density at radius 1 is 0.984 bits per heavy atom. The van der Waals surface area contributed by atoms with E-state index in [2.05, 4.69) is 4.98 Å². The Kier molecular flexibility index (Phi) is 14.4. The largest absolute Gasteiger partial charge is 0.492 e. The average Bonchev–Trinajstić information content (AvgIpc) is 3.49. The van der Waals surface area contributed by atoms with Crippen molar-refractivity contribution in [3.8, 4) is 5.75 Å². The van der Waals surface area contributed by atoms with E-state index < -0.39 is 99.4 Å². The molecule has 4 fully saturated rings. The topological polar surface area (TPSA) is 201 Å². The van der Waals surface area contributed by atoms with Crippen LogP contribution in [0.4, 0.5) is 4.79 Å². The molecule has 5 heterocycles. The van der Waals surface area contributed by atoms with E-state index in [0.29, 0.717) is 29.7 Å². The summed E-state index contributed by atoms with van der Waals surface area (Å²) in [6.45, 7) is 15.5. The first-order chi connectivity index (χ1) is 29.6. The third-order valence-corrected chi connectivity index (χ3v) is 15.8. The standard InChI is InChI=1S/C45H66N4O13S/c1-13-34-45(9)39(49(43(54)62-45)29-22-48(23-29)63(55,56)33-18-17-32(58-14-2)35-30(33)16-15-19-46-35)26(5)36(50)24(3)21-44(8,57-12)40(27(6)37(51)28(7)41(53)60-34)61-42-38(52)31(47(10)11)20-25(4)59-42/h15-19,24-29,31,34,38-40,42,52H,13-14,20-23H2,1-12H3/t24-,25-,26+,27+,28-,31+,34-,38-,39+,40-,42+,44-,45-/m1/s1. The van der Waals surface area contributed by atoms with Crippen LogP contribution in [-0.2, 0) is 48.1 Å². The van der Waals surface area contributed by atoms with Gasteiger partial charge in [-0.25, -0.2) is 13.2 Å². The minimum absolute atomic E-state index is 0.0349. The number of fused-ring (bicyclic) bond motifs is 2. The summed E-state index contributed by atoms with van der Waals surface area (Å²) in [5, 5.41) is 11.9. The van der Waals surface area contributed by atoms with Crippen LogP contribution >= 0.6 is 0 Å². The number of hydrogen-bond acceptors (Lipinski definition) is 15. The van der Waals surface area contributed by atoms with Gasteiger partial charge in [0.2, 0.25) is 10.0 Å². The van der Waals surface area contributed by atoms with Gasteiger partial charge in [0.25, 0.3) is 0 Å². The van der Waals surface area contributed by atoms with E-state index in [-0.39, 0.29) is 48.8 Å². The van der Waals surface area contributed by atoms with E-state index in [0.717, 1.165) is 0 Å². The number of aliphatic hydroxyl groups is 1. The van der Waals surface area contributed by atoms with Gasteiger partial charge in [-0.15, -0.1) is 0 Å². The summed E-state index contributed by atoms with van der Waals surface area (Å²) in [5.41, 5.74) is -2.54. The number of amides is 1. The second-order valence-electron chi connectivity index (χ2n) is 18.5. The van der Waals surface area contributed by atoms with Crippen molar-refractivity contribution in [1.29, 1.82) is 0 Å². The summed E-state index contributed by atoms with van der Waals surface area (Å²) in [6.07, 6.45) is -3.26. The number of carbonyl (C=O) groups is 4. The monoisotopic (exact) mass is 902 g/mol. The van der Waals surface area contributed by atoms with Crippen LogP contribution in [0.2, 0.25) is 0 Å². The number of ketones is 2. The molecule has 1 aromatic heterocycles. The number of nitrogens with zero attached hydrogens (tertiary/aromatic N) is 4. The molecule has 350 valence electrons. The number of benzene rings is 1. The number of carbonyl (C=O) groups excluding carboxylic acids is 4. The van der Waals surface area contributed by atoms with E-state index in [9.17, 15) is 32.7 Å². The number of aliphatic hydroxyl groups excluding tert-OH is 1. The molecule has 6 rings (SSSR count). The molecule has 4 aliphatic rings. The molecule has 0 radical (unpaired) electrons. The number of hydrogen-bond donors (Lipinski definition) is 1. The average molecular weight is 903 g/mol. The predicted octanol–water partition coefficient (Wildman–Crippen LogP) is 4.21. The van der Waals surface area contributed by atoms with Gasteiger partial charge in [0.05, 0.1) is 41.4 Å². The van der Waals surface area contributed by atoms with Gasteiger partial charge in [0.15, 0.2) is 17.7 Å². The molecule has 0 saturated carbocycles. The highest BCUT2D eigenvalue weighted by Crippen LogP contribution is 2.45. The fourth-order valence-electron chi connectivity index (χ4n) is 10.3. The molecule has 4 aliphatic heterocycles. The third-order valence-electron chi connectivity index (χ3n) is 13.9. The summed E-state index contributed by atoms with van der Waals surface area (Å²) >= 11 is 0. The lowest BCUT2D eigenvalue weighted by atomic mass is 9.73. The van der Waals surface area contributed by atoms with Crippen molar-refractivity contribution in [1.82, 2.24) is 19.1 Å². The molecule has 1 N–H and O–H groups in total. The Balaban J connectivity index is 1.35. The van der Waals surface area contributed by atoms with Crippen molar-refractivity contribution in [2.75, 3.05) is 40.9 Å². The normalized spacial score (nSPS) is 36.7. The summed E-state index contributed by atoms with van der Waals surface area (Å²) in [4.78, 5) is 65.3. The van der Waals surface area contributed by atoms with Crippen LogP contribution in [0.5, 0.6) is 5.75 Å². The molecular formula is C45H66N4O13S. The predicted molar refractivity (Wildman–Crippen MR) is 230 cm³/mol. The van der Waals surface area contributed by atoms with Gasteiger partial charge >= 0.3 is 12.1 Å². The van der Waals surface area contributed by atoms with Gasteiger partial charge in [-0.2, -0.15) is 4.31 Å². The molecule has 0 spiro atoms. The van der Waals surface area contributed by atoms with Crippen molar-refractivity contribution in [3.05, 3.63) is 30.5 Å². The molecule has 18 heteroatoms. The number of rotatable bonds is 10. The van der Waals surface area contributed by atoms with Crippen LogP contribution in [-0.4, -0.2) is 157 Å². The summed E-state index contributed by atoms with van der Waals surface area (Å²) in [5.74, 6) is -5.20. The first-order valence-electron chi connectivity index (χ1n) is 22.1. The van der Waals surface area contributed by atoms with Crippen LogP contribution in [0.3, 0.4) is 0 Å². The van der Waals surface area contributed by atoms with Crippen molar-refractivity contribution in [2.24, 2.45) is 23.7 Å². The highest BCUT2D eigenvalue weighted by Gasteiger charge is 2.63. The Morgan fingerprint density at radius 3 is 2.29 bits per heavy atom. The van der Waals surface area contributed by atoms with Crippen LogP contribution in [0.15, 0.2) is 35.4 Å². The van der Waals surface area contributed by atoms with Crippen molar-refractivity contribution < 1.29 is 61.1 Å². The molecule has 13 atom stereocenters. The summed E-state index contributed by atoms with van der Waals surface area (Å²) in [7, 11) is 1.05. The number of sulfonamides is 1. The molecule has 2 aromatic rings. The zero-order valence-electron chi connectivity index (χ0n) is 38.6. The fourth-order valence-corrected chi connectivity index (χ4v) is 12.0.